The minimum absolute atomic E-state index is 0.197. The Morgan fingerprint density at radius 1 is 1.20 bits per heavy atom. The molecule has 0 heterocycles. The van der Waals surface area contributed by atoms with Gasteiger partial charge in [-0.15, -0.1) is 0 Å². The highest BCUT2D eigenvalue weighted by Gasteiger charge is 2.07. The van der Waals surface area contributed by atoms with E-state index in [1.807, 2.05) is 6.07 Å². The monoisotopic (exact) mass is 304 g/mol. The Bertz CT molecular complexity index is 658. The van der Waals surface area contributed by atoms with Crippen LogP contribution in [0.15, 0.2) is 48.5 Å². The number of carbonyl (C=O) groups excluding carboxylic acids is 1. The molecule has 0 radical (unpaired) electrons. The van der Waals surface area contributed by atoms with Crippen molar-refractivity contribution in [2.45, 2.75) is 6.42 Å². The van der Waals surface area contributed by atoms with Crippen molar-refractivity contribution in [1.29, 1.82) is 0 Å². The van der Waals surface area contributed by atoms with Crippen LogP contribution in [-0.2, 0) is 6.42 Å². The van der Waals surface area contributed by atoms with E-state index < -0.39 is 0 Å². The van der Waals surface area contributed by atoms with Crippen molar-refractivity contribution >= 4 is 40.4 Å². The molecule has 0 aliphatic carbocycles. The van der Waals surface area contributed by atoms with Gasteiger partial charge < -0.3 is 11.1 Å². The van der Waals surface area contributed by atoms with Crippen LogP contribution >= 0.6 is 23.8 Å². The van der Waals surface area contributed by atoms with Gasteiger partial charge in [0.1, 0.15) is 0 Å². The van der Waals surface area contributed by atoms with Gasteiger partial charge in [-0.25, -0.2) is 0 Å². The summed E-state index contributed by atoms with van der Waals surface area (Å²) in [6.45, 7) is 0. The smallest absolute Gasteiger partial charge is 0.255 e. The zero-order chi connectivity index (χ0) is 14.5. The summed E-state index contributed by atoms with van der Waals surface area (Å²) in [4.78, 5) is 12.5. The lowest BCUT2D eigenvalue weighted by atomic mass is 10.1. The third kappa shape index (κ3) is 4.05. The molecule has 0 saturated carbocycles. The summed E-state index contributed by atoms with van der Waals surface area (Å²) in [6.07, 6.45) is 0.480. The molecule has 0 spiro atoms. The van der Waals surface area contributed by atoms with E-state index in [-0.39, 0.29) is 5.91 Å². The van der Waals surface area contributed by atoms with Gasteiger partial charge in [-0.05, 0) is 35.9 Å². The highest BCUT2D eigenvalue weighted by molar-refractivity contribution is 7.80. The van der Waals surface area contributed by atoms with Gasteiger partial charge in [0.2, 0.25) is 0 Å². The Kier molecular flexibility index (Phi) is 4.71. The average Bonchev–Trinajstić information content (AvgIpc) is 2.38. The van der Waals surface area contributed by atoms with Gasteiger partial charge in [0, 0.05) is 22.7 Å². The first kappa shape index (κ1) is 14.5. The molecule has 20 heavy (non-hydrogen) atoms. The number of anilines is 1. The molecule has 0 aromatic heterocycles. The van der Waals surface area contributed by atoms with Crippen LogP contribution < -0.4 is 11.1 Å². The molecule has 0 bridgehead atoms. The van der Waals surface area contributed by atoms with Crippen LogP contribution in [0.4, 0.5) is 5.69 Å². The van der Waals surface area contributed by atoms with Crippen molar-refractivity contribution in [1.82, 2.24) is 0 Å². The maximum absolute atomic E-state index is 12.1. The maximum atomic E-state index is 12.1. The van der Waals surface area contributed by atoms with Crippen LogP contribution in [0.25, 0.3) is 0 Å². The number of benzene rings is 2. The molecular formula is C15H13ClN2OS. The molecule has 2 aromatic rings. The van der Waals surface area contributed by atoms with Crippen molar-refractivity contribution < 1.29 is 4.79 Å². The predicted molar refractivity (Wildman–Crippen MR) is 86.3 cm³/mol. The fourth-order valence-electron chi connectivity index (χ4n) is 1.79. The quantitative estimate of drug-likeness (QED) is 0.851. The van der Waals surface area contributed by atoms with E-state index in [1.165, 1.54) is 0 Å². The van der Waals surface area contributed by atoms with Gasteiger partial charge in [0.25, 0.3) is 5.91 Å². The molecule has 0 unspecified atom stereocenters. The predicted octanol–water partition coefficient (Wildman–Crippen LogP) is 3.42. The van der Waals surface area contributed by atoms with E-state index in [4.69, 9.17) is 29.6 Å². The molecule has 5 heteroatoms. The molecule has 3 N–H and O–H groups in total. The highest BCUT2D eigenvalue weighted by Crippen LogP contribution is 2.16. The van der Waals surface area contributed by atoms with Gasteiger partial charge in [-0.2, -0.15) is 0 Å². The Hall–Kier alpha value is -1.91. The van der Waals surface area contributed by atoms with Crippen molar-refractivity contribution in [3.63, 3.8) is 0 Å². The first-order chi connectivity index (χ1) is 9.54. The lowest BCUT2D eigenvalue weighted by molar-refractivity contribution is 0.102. The molecule has 0 aliphatic heterocycles. The summed E-state index contributed by atoms with van der Waals surface area (Å²) in [5.41, 5.74) is 7.63. The number of hydrogen-bond donors (Lipinski definition) is 2. The second-order valence-electron chi connectivity index (χ2n) is 4.31. The Balaban J connectivity index is 2.15. The Morgan fingerprint density at radius 2 is 1.95 bits per heavy atom. The zero-order valence-electron chi connectivity index (χ0n) is 10.6. The summed E-state index contributed by atoms with van der Waals surface area (Å²) in [6, 6.07) is 14.2. The van der Waals surface area contributed by atoms with Crippen molar-refractivity contribution in [3.8, 4) is 0 Å². The second-order valence-corrected chi connectivity index (χ2v) is 5.27. The van der Waals surface area contributed by atoms with Crippen LogP contribution in [0.5, 0.6) is 0 Å². The van der Waals surface area contributed by atoms with E-state index in [0.29, 0.717) is 27.7 Å². The minimum atomic E-state index is -0.197. The molecule has 102 valence electrons. The van der Waals surface area contributed by atoms with Gasteiger partial charge in [0.15, 0.2) is 0 Å². The second kappa shape index (κ2) is 6.50. The summed E-state index contributed by atoms with van der Waals surface area (Å²) in [5, 5.41) is 3.37. The molecule has 2 rings (SSSR count). The number of rotatable bonds is 4. The molecule has 1 amide bonds. The van der Waals surface area contributed by atoms with Crippen LogP contribution in [0.2, 0.25) is 5.02 Å². The summed E-state index contributed by atoms with van der Waals surface area (Å²) >= 11 is 10.7. The normalized spacial score (nSPS) is 10.1. The highest BCUT2D eigenvalue weighted by atomic mass is 35.5. The lowest BCUT2D eigenvalue weighted by Gasteiger charge is -2.07. The fraction of sp³-hybridized carbons (Fsp3) is 0.0667. The maximum Gasteiger partial charge on any atom is 0.255 e. The van der Waals surface area contributed by atoms with Gasteiger partial charge in [0.05, 0.1) is 4.99 Å². The first-order valence-electron chi connectivity index (χ1n) is 5.99. The van der Waals surface area contributed by atoms with Gasteiger partial charge in [-0.1, -0.05) is 42.0 Å². The number of amides is 1. The van der Waals surface area contributed by atoms with Crippen molar-refractivity contribution in [2.24, 2.45) is 5.73 Å². The van der Waals surface area contributed by atoms with Crippen LogP contribution in [0.3, 0.4) is 0 Å². The van der Waals surface area contributed by atoms with Crippen molar-refractivity contribution in [2.75, 3.05) is 5.32 Å². The molecule has 2 aromatic carbocycles. The molecular weight excluding hydrogens is 292 g/mol. The molecule has 0 saturated heterocycles. The first-order valence-corrected chi connectivity index (χ1v) is 6.77. The summed E-state index contributed by atoms with van der Waals surface area (Å²) < 4.78 is 0. The number of carbonyl (C=O) groups is 1. The Morgan fingerprint density at radius 3 is 2.65 bits per heavy atom. The Labute approximate surface area is 127 Å². The standard InChI is InChI=1S/C15H13ClN2OS/c16-12-5-2-6-13(9-12)18-15(19)11-4-1-3-10(7-11)8-14(17)20/h1-7,9H,8H2,(H2,17,20)(H,18,19). The number of halogens is 1. The molecule has 3 nitrogen and oxygen atoms in total. The number of nitrogens with two attached hydrogens (primary N) is 1. The average molecular weight is 305 g/mol. The van der Waals surface area contributed by atoms with Gasteiger partial charge in [-0.3, -0.25) is 4.79 Å². The summed E-state index contributed by atoms with van der Waals surface area (Å²) in [5.74, 6) is -0.197. The fourth-order valence-corrected chi connectivity index (χ4v) is 2.15. The topological polar surface area (TPSA) is 55.1 Å². The van der Waals surface area contributed by atoms with E-state index in [9.17, 15) is 4.79 Å². The minimum Gasteiger partial charge on any atom is -0.393 e. The summed E-state index contributed by atoms with van der Waals surface area (Å²) in [7, 11) is 0. The third-order valence-electron chi connectivity index (χ3n) is 2.65. The lowest BCUT2D eigenvalue weighted by Crippen LogP contribution is -2.14. The van der Waals surface area contributed by atoms with E-state index in [2.05, 4.69) is 5.32 Å². The number of nitrogens with one attached hydrogen (secondary N) is 1. The third-order valence-corrected chi connectivity index (χ3v) is 3.03. The SMILES string of the molecule is NC(=S)Cc1cccc(C(=O)Nc2cccc(Cl)c2)c1. The zero-order valence-corrected chi connectivity index (χ0v) is 12.2. The number of hydrogen-bond acceptors (Lipinski definition) is 2. The number of thiocarbonyl (C=S) groups is 1. The van der Waals surface area contributed by atoms with E-state index in [0.717, 1.165) is 5.56 Å². The van der Waals surface area contributed by atoms with Crippen LogP contribution in [0, 0.1) is 0 Å². The van der Waals surface area contributed by atoms with E-state index >= 15 is 0 Å². The molecule has 0 fully saturated rings. The van der Waals surface area contributed by atoms with Crippen LogP contribution in [-0.4, -0.2) is 10.9 Å². The van der Waals surface area contributed by atoms with Crippen molar-refractivity contribution in [3.05, 3.63) is 64.7 Å². The van der Waals surface area contributed by atoms with E-state index in [1.54, 1.807) is 42.5 Å². The largest absolute Gasteiger partial charge is 0.393 e. The molecule has 0 atom stereocenters. The van der Waals surface area contributed by atoms with Gasteiger partial charge >= 0.3 is 0 Å². The van der Waals surface area contributed by atoms with Crippen LogP contribution in [0.1, 0.15) is 15.9 Å². The molecule has 0 aliphatic rings.